The molecule has 6 nitrogen and oxygen atoms in total. The minimum Gasteiger partial charge on any atom is -0.493 e. The summed E-state index contributed by atoms with van der Waals surface area (Å²) in [4.78, 5) is 17.1. The number of hydrogen-bond acceptors (Lipinski definition) is 4. The summed E-state index contributed by atoms with van der Waals surface area (Å²) in [6, 6.07) is 14.0. The number of hydrogen-bond donors (Lipinski definition) is 1. The van der Waals surface area contributed by atoms with Gasteiger partial charge in [0.05, 0.1) is 31.3 Å². The van der Waals surface area contributed by atoms with Crippen molar-refractivity contribution in [3.05, 3.63) is 59.9 Å². The van der Waals surface area contributed by atoms with Gasteiger partial charge in [-0.3, -0.25) is 4.79 Å². The van der Waals surface area contributed by atoms with E-state index in [0.29, 0.717) is 13.2 Å². The highest BCUT2D eigenvalue weighted by Crippen LogP contribution is 2.29. The van der Waals surface area contributed by atoms with Gasteiger partial charge in [-0.05, 0) is 49.6 Å². The van der Waals surface area contributed by atoms with Crippen LogP contribution in [0.1, 0.15) is 51.9 Å². The maximum Gasteiger partial charge on any atom is 0.225 e. The van der Waals surface area contributed by atoms with E-state index >= 15 is 0 Å². The van der Waals surface area contributed by atoms with Gasteiger partial charge in [0.15, 0.2) is 11.5 Å². The SMILES string of the molecule is C/C=C/c1ccc(OCCCCn2c(CNC(=O)C(C)(C)C)nc3ccccc32)c(OC)c1. The number of para-hydroxylation sites is 2. The molecule has 0 unspecified atom stereocenters. The molecule has 0 radical (unpaired) electrons. The second kappa shape index (κ2) is 11.0. The first-order chi connectivity index (χ1) is 15.8. The Morgan fingerprint density at radius 1 is 1.12 bits per heavy atom. The number of rotatable bonds is 10. The fourth-order valence-electron chi connectivity index (χ4n) is 3.59. The maximum atomic E-state index is 12.3. The number of carbonyl (C=O) groups is 1. The molecule has 2 aromatic carbocycles. The zero-order chi connectivity index (χ0) is 23.8. The molecule has 0 atom stereocenters. The molecule has 1 amide bonds. The predicted molar refractivity (Wildman–Crippen MR) is 133 cm³/mol. The van der Waals surface area contributed by atoms with Gasteiger partial charge in [-0.2, -0.15) is 0 Å². The molecule has 3 rings (SSSR count). The van der Waals surface area contributed by atoms with Gasteiger partial charge < -0.3 is 19.4 Å². The third-order valence-corrected chi connectivity index (χ3v) is 5.40. The standard InChI is InChI=1S/C27H35N3O3/c1-6-11-20-14-15-23(24(18-20)32-5)33-17-10-9-16-30-22-13-8-7-12-21(22)29-25(30)19-28-26(31)27(2,3)4/h6-8,11-15,18H,9-10,16-17,19H2,1-5H3,(H,28,31)/b11-6+. The first-order valence-corrected chi connectivity index (χ1v) is 11.5. The van der Waals surface area contributed by atoms with E-state index in [1.165, 1.54) is 0 Å². The molecule has 1 aromatic heterocycles. The number of aromatic nitrogens is 2. The van der Waals surface area contributed by atoms with Crippen molar-refractivity contribution in [2.24, 2.45) is 5.41 Å². The van der Waals surface area contributed by atoms with Crippen LogP contribution in [0.3, 0.4) is 0 Å². The molecular formula is C27H35N3O3. The van der Waals surface area contributed by atoms with E-state index in [1.807, 2.05) is 76.2 Å². The number of unbranched alkanes of at least 4 members (excludes halogenated alkanes) is 1. The second-order valence-electron chi connectivity index (χ2n) is 9.07. The maximum absolute atomic E-state index is 12.3. The summed E-state index contributed by atoms with van der Waals surface area (Å²) in [7, 11) is 1.66. The Morgan fingerprint density at radius 3 is 2.64 bits per heavy atom. The highest BCUT2D eigenvalue weighted by molar-refractivity contribution is 5.81. The summed E-state index contributed by atoms with van der Waals surface area (Å²) in [5.74, 6) is 2.38. The Bertz CT molecular complexity index is 1110. The Balaban J connectivity index is 1.60. The van der Waals surface area contributed by atoms with E-state index in [0.717, 1.165) is 53.3 Å². The number of carbonyl (C=O) groups excluding carboxylic acids is 1. The van der Waals surface area contributed by atoms with Crippen LogP contribution < -0.4 is 14.8 Å². The van der Waals surface area contributed by atoms with Crippen LogP contribution in [0.25, 0.3) is 17.1 Å². The molecule has 0 bridgehead atoms. The summed E-state index contributed by atoms with van der Waals surface area (Å²) < 4.78 is 13.7. The van der Waals surface area contributed by atoms with Crippen LogP contribution >= 0.6 is 0 Å². The molecule has 0 spiro atoms. The van der Waals surface area contributed by atoms with Crippen LogP contribution in [0, 0.1) is 5.41 Å². The van der Waals surface area contributed by atoms with Crippen LogP contribution in [-0.2, 0) is 17.9 Å². The van der Waals surface area contributed by atoms with Crippen LogP contribution in [0.2, 0.25) is 0 Å². The Morgan fingerprint density at radius 2 is 1.91 bits per heavy atom. The molecule has 0 saturated carbocycles. The smallest absolute Gasteiger partial charge is 0.225 e. The fraction of sp³-hybridized carbons (Fsp3) is 0.407. The van der Waals surface area contributed by atoms with E-state index in [4.69, 9.17) is 14.5 Å². The van der Waals surface area contributed by atoms with Crippen LogP contribution in [-0.4, -0.2) is 29.2 Å². The van der Waals surface area contributed by atoms with Crippen molar-refractivity contribution in [2.75, 3.05) is 13.7 Å². The monoisotopic (exact) mass is 449 g/mol. The number of nitrogens with zero attached hydrogens (tertiary/aromatic N) is 2. The highest BCUT2D eigenvalue weighted by atomic mass is 16.5. The van der Waals surface area contributed by atoms with Crippen LogP contribution in [0.5, 0.6) is 11.5 Å². The topological polar surface area (TPSA) is 65.4 Å². The molecule has 0 fully saturated rings. The molecular weight excluding hydrogens is 414 g/mol. The van der Waals surface area contributed by atoms with Crippen molar-refractivity contribution in [3.8, 4) is 11.5 Å². The summed E-state index contributed by atoms with van der Waals surface area (Å²) in [5.41, 5.74) is 2.68. The van der Waals surface area contributed by atoms with E-state index in [-0.39, 0.29) is 5.91 Å². The molecule has 0 saturated heterocycles. The zero-order valence-corrected chi connectivity index (χ0v) is 20.4. The number of imidazole rings is 1. The number of amides is 1. The summed E-state index contributed by atoms with van der Waals surface area (Å²) in [5, 5.41) is 3.02. The number of ether oxygens (including phenoxy) is 2. The Labute approximate surface area is 196 Å². The molecule has 1 heterocycles. The van der Waals surface area contributed by atoms with Gasteiger partial charge in [0.25, 0.3) is 0 Å². The van der Waals surface area contributed by atoms with Crippen molar-refractivity contribution in [2.45, 2.75) is 53.6 Å². The summed E-state index contributed by atoms with van der Waals surface area (Å²) in [6.07, 6.45) is 5.85. The average Bonchev–Trinajstić information content (AvgIpc) is 3.14. The molecule has 176 valence electrons. The second-order valence-corrected chi connectivity index (χ2v) is 9.07. The van der Waals surface area contributed by atoms with Crippen LogP contribution in [0.4, 0.5) is 0 Å². The van der Waals surface area contributed by atoms with Gasteiger partial charge in [-0.1, -0.05) is 51.1 Å². The number of aryl methyl sites for hydroxylation is 1. The Hall–Kier alpha value is -3.28. The molecule has 6 heteroatoms. The molecule has 0 aliphatic rings. The van der Waals surface area contributed by atoms with Gasteiger partial charge in [-0.15, -0.1) is 0 Å². The number of allylic oxidation sites excluding steroid dienone is 1. The van der Waals surface area contributed by atoms with Crippen molar-refractivity contribution in [1.29, 1.82) is 0 Å². The number of fused-ring (bicyclic) bond motifs is 1. The van der Waals surface area contributed by atoms with Crippen molar-refractivity contribution >= 4 is 23.0 Å². The van der Waals surface area contributed by atoms with E-state index in [1.54, 1.807) is 7.11 Å². The molecule has 0 aliphatic carbocycles. The van der Waals surface area contributed by atoms with Crippen LogP contribution in [0.15, 0.2) is 48.5 Å². The first-order valence-electron chi connectivity index (χ1n) is 11.5. The average molecular weight is 450 g/mol. The van der Waals surface area contributed by atoms with Gasteiger partial charge in [0.2, 0.25) is 5.91 Å². The molecule has 3 aromatic rings. The largest absolute Gasteiger partial charge is 0.493 e. The quantitative estimate of drug-likeness (QED) is 0.409. The lowest BCUT2D eigenvalue weighted by molar-refractivity contribution is -0.128. The van der Waals surface area contributed by atoms with E-state index < -0.39 is 5.41 Å². The van der Waals surface area contributed by atoms with Crippen molar-refractivity contribution in [1.82, 2.24) is 14.9 Å². The normalized spacial score (nSPS) is 11.8. The fourth-order valence-corrected chi connectivity index (χ4v) is 3.59. The van der Waals surface area contributed by atoms with Gasteiger partial charge in [-0.25, -0.2) is 4.98 Å². The van der Waals surface area contributed by atoms with Gasteiger partial charge >= 0.3 is 0 Å². The summed E-state index contributed by atoms with van der Waals surface area (Å²) >= 11 is 0. The first kappa shape index (κ1) is 24.4. The molecule has 1 N–H and O–H groups in total. The minimum atomic E-state index is -0.430. The lowest BCUT2D eigenvalue weighted by Crippen LogP contribution is -2.35. The number of nitrogens with one attached hydrogen (secondary N) is 1. The highest BCUT2D eigenvalue weighted by Gasteiger charge is 2.21. The van der Waals surface area contributed by atoms with Crippen molar-refractivity contribution < 1.29 is 14.3 Å². The predicted octanol–water partition coefficient (Wildman–Crippen LogP) is 5.60. The lowest BCUT2D eigenvalue weighted by atomic mass is 9.96. The molecule has 33 heavy (non-hydrogen) atoms. The van der Waals surface area contributed by atoms with Gasteiger partial charge in [0, 0.05) is 12.0 Å². The van der Waals surface area contributed by atoms with Crippen molar-refractivity contribution in [3.63, 3.8) is 0 Å². The minimum absolute atomic E-state index is 0.0175. The third-order valence-electron chi connectivity index (χ3n) is 5.40. The lowest BCUT2D eigenvalue weighted by Gasteiger charge is -2.18. The molecule has 0 aliphatic heterocycles. The number of benzene rings is 2. The summed E-state index contributed by atoms with van der Waals surface area (Å²) in [6.45, 7) is 9.54. The Kier molecular flexibility index (Phi) is 8.15. The van der Waals surface area contributed by atoms with E-state index in [2.05, 4.69) is 16.0 Å². The number of methoxy groups -OCH3 is 1. The zero-order valence-electron chi connectivity index (χ0n) is 20.4. The van der Waals surface area contributed by atoms with E-state index in [9.17, 15) is 4.79 Å². The third kappa shape index (κ3) is 6.37. The van der Waals surface area contributed by atoms with Gasteiger partial charge in [0.1, 0.15) is 5.82 Å².